The molecule has 0 aliphatic carbocycles. The molecule has 0 radical (unpaired) electrons. The second kappa shape index (κ2) is 8.76. The van der Waals surface area contributed by atoms with Gasteiger partial charge in [-0.1, -0.05) is 30.3 Å². The Morgan fingerprint density at radius 2 is 1.50 bits per heavy atom. The van der Waals surface area contributed by atoms with Crippen molar-refractivity contribution in [1.29, 1.82) is 0 Å². The standard InChI is InChI=1S/C25H28N4O/c1-17-8-6-14-27-23(17)21-12-5-13-22(24-18(2)9-7-15-28-24)29(21)16-19-10-3-4-11-20(19)25(26)30/h3-4,6-11,14-15,21-22H,5,12-13,16H2,1-2H3,(H2,26,30)/t21-,22+. The van der Waals surface area contributed by atoms with Crippen LogP contribution in [0.3, 0.4) is 0 Å². The third kappa shape index (κ3) is 3.98. The molecule has 0 bridgehead atoms. The summed E-state index contributed by atoms with van der Waals surface area (Å²) in [4.78, 5) is 24.0. The Bertz CT molecular complexity index is 995. The van der Waals surface area contributed by atoms with Crippen molar-refractivity contribution in [2.75, 3.05) is 0 Å². The van der Waals surface area contributed by atoms with E-state index in [1.807, 2.05) is 48.8 Å². The first-order valence-electron chi connectivity index (χ1n) is 10.5. The quantitative estimate of drug-likeness (QED) is 0.676. The van der Waals surface area contributed by atoms with Crippen LogP contribution in [0.1, 0.15) is 69.8 Å². The van der Waals surface area contributed by atoms with E-state index in [9.17, 15) is 4.79 Å². The second-order valence-electron chi connectivity index (χ2n) is 8.07. The minimum absolute atomic E-state index is 0.160. The third-order valence-electron chi connectivity index (χ3n) is 6.12. The number of benzene rings is 1. The SMILES string of the molecule is Cc1cccnc1[C@H]1CCC[C@@H](c2ncccc2C)N1Cc1ccccc1C(N)=O. The van der Waals surface area contributed by atoms with Gasteiger partial charge < -0.3 is 5.73 Å². The highest BCUT2D eigenvalue weighted by atomic mass is 16.1. The molecule has 5 heteroatoms. The fourth-order valence-electron chi connectivity index (χ4n) is 4.65. The molecule has 0 saturated carbocycles. The smallest absolute Gasteiger partial charge is 0.249 e. The van der Waals surface area contributed by atoms with Crippen molar-refractivity contribution >= 4 is 5.91 Å². The van der Waals surface area contributed by atoms with Gasteiger partial charge >= 0.3 is 0 Å². The summed E-state index contributed by atoms with van der Waals surface area (Å²) in [5.41, 5.74) is 11.8. The van der Waals surface area contributed by atoms with Gasteiger partial charge in [-0.25, -0.2) is 0 Å². The topological polar surface area (TPSA) is 72.1 Å². The van der Waals surface area contributed by atoms with E-state index >= 15 is 0 Å². The van der Waals surface area contributed by atoms with Gasteiger partial charge in [-0.2, -0.15) is 0 Å². The van der Waals surface area contributed by atoms with Gasteiger partial charge in [-0.15, -0.1) is 0 Å². The van der Waals surface area contributed by atoms with Crippen molar-refractivity contribution in [2.45, 2.75) is 51.7 Å². The number of pyridine rings is 2. The van der Waals surface area contributed by atoms with E-state index in [0.29, 0.717) is 12.1 Å². The average molecular weight is 401 g/mol. The van der Waals surface area contributed by atoms with Gasteiger partial charge in [0.05, 0.1) is 23.5 Å². The van der Waals surface area contributed by atoms with Crippen LogP contribution in [0.25, 0.3) is 0 Å². The Morgan fingerprint density at radius 3 is 2.03 bits per heavy atom. The van der Waals surface area contributed by atoms with Crippen LogP contribution in [0.2, 0.25) is 0 Å². The molecule has 1 aliphatic heterocycles. The van der Waals surface area contributed by atoms with E-state index in [1.54, 1.807) is 0 Å². The lowest BCUT2D eigenvalue weighted by molar-refractivity contribution is 0.0673. The van der Waals surface area contributed by atoms with Crippen molar-refractivity contribution in [3.05, 3.63) is 94.6 Å². The number of piperidine rings is 1. The summed E-state index contributed by atoms with van der Waals surface area (Å²) in [6.07, 6.45) is 6.90. The summed E-state index contributed by atoms with van der Waals surface area (Å²) in [5.74, 6) is -0.390. The van der Waals surface area contributed by atoms with Gasteiger partial charge in [-0.05, 0) is 68.0 Å². The first-order valence-corrected chi connectivity index (χ1v) is 10.5. The number of hydrogen-bond donors (Lipinski definition) is 1. The zero-order valence-electron chi connectivity index (χ0n) is 17.6. The fourth-order valence-corrected chi connectivity index (χ4v) is 4.65. The number of aromatic nitrogens is 2. The predicted octanol–water partition coefficient (Wildman–Crippen LogP) is 4.66. The van der Waals surface area contributed by atoms with Crippen LogP contribution in [0, 0.1) is 13.8 Å². The van der Waals surface area contributed by atoms with Crippen LogP contribution in [0.5, 0.6) is 0 Å². The number of rotatable bonds is 5. The lowest BCUT2D eigenvalue weighted by Crippen LogP contribution is -2.38. The highest BCUT2D eigenvalue weighted by Crippen LogP contribution is 2.43. The lowest BCUT2D eigenvalue weighted by Gasteiger charge is -2.42. The minimum Gasteiger partial charge on any atom is -0.366 e. The molecule has 0 spiro atoms. The van der Waals surface area contributed by atoms with Crippen LogP contribution in [0.4, 0.5) is 0 Å². The summed E-state index contributed by atoms with van der Waals surface area (Å²) in [6, 6.07) is 16.2. The normalized spacial score (nSPS) is 19.5. The third-order valence-corrected chi connectivity index (χ3v) is 6.12. The number of likely N-dealkylation sites (tertiary alicyclic amines) is 1. The highest BCUT2D eigenvalue weighted by Gasteiger charge is 2.35. The molecule has 154 valence electrons. The molecule has 1 aromatic carbocycles. The van der Waals surface area contributed by atoms with Crippen LogP contribution in [-0.4, -0.2) is 20.8 Å². The van der Waals surface area contributed by atoms with E-state index in [-0.39, 0.29) is 12.1 Å². The van der Waals surface area contributed by atoms with Crippen molar-refractivity contribution in [2.24, 2.45) is 5.73 Å². The molecule has 0 unspecified atom stereocenters. The number of nitrogens with two attached hydrogens (primary N) is 1. The molecule has 1 amide bonds. The number of carbonyl (C=O) groups is 1. The first-order chi connectivity index (χ1) is 14.6. The molecule has 2 N–H and O–H groups in total. The molecule has 2 aromatic heterocycles. The first kappa shape index (κ1) is 20.2. The summed E-state index contributed by atoms with van der Waals surface area (Å²) in [7, 11) is 0. The number of aryl methyl sites for hydroxylation is 2. The number of primary amides is 1. The van der Waals surface area contributed by atoms with Crippen LogP contribution >= 0.6 is 0 Å². The zero-order chi connectivity index (χ0) is 21.1. The van der Waals surface area contributed by atoms with Crippen molar-refractivity contribution in [3.63, 3.8) is 0 Å². The Hall–Kier alpha value is -3.05. The van der Waals surface area contributed by atoms with E-state index in [0.717, 1.165) is 36.2 Å². The zero-order valence-corrected chi connectivity index (χ0v) is 17.6. The minimum atomic E-state index is -0.390. The van der Waals surface area contributed by atoms with E-state index in [1.165, 1.54) is 11.1 Å². The van der Waals surface area contributed by atoms with Crippen molar-refractivity contribution in [3.8, 4) is 0 Å². The lowest BCUT2D eigenvalue weighted by atomic mass is 9.88. The molecule has 4 rings (SSSR count). The Kier molecular flexibility index (Phi) is 5.91. The predicted molar refractivity (Wildman–Crippen MR) is 118 cm³/mol. The molecule has 3 heterocycles. The molecule has 1 aliphatic rings. The van der Waals surface area contributed by atoms with Gasteiger partial charge in [-0.3, -0.25) is 19.7 Å². The van der Waals surface area contributed by atoms with Gasteiger partial charge in [0.2, 0.25) is 5.91 Å². The fraction of sp³-hybridized carbons (Fsp3) is 0.320. The second-order valence-corrected chi connectivity index (χ2v) is 8.07. The summed E-state index contributed by atoms with van der Waals surface area (Å²) in [5, 5.41) is 0. The highest BCUT2D eigenvalue weighted by molar-refractivity contribution is 5.94. The number of nitrogens with zero attached hydrogens (tertiary/aromatic N) is 3. The van der Waals surface area contributed by atoms with E-state index < -0.39 is 5.91 Å². The molecule has 2 atom stereocenters. The van der Waals surface area contributed by atoms with E-state index in [2.05, 4.69) is 30.9 Å². The molecule has 1 fully saturated rings. The van der Waals surface area contributed by atoms with Crippen LogP contribution in [0.15, 0.2) is 60.9 Å². The van der Waals surface area contributed by atoms with Crippen molar-refractivity contribution in [1.82, 2.24) is 14.9 Å². The van der Waals surface area contributed by atoms with Crippen molar-refractivity contribution < 1.29 is 4.79 Å². The maximum absolute atomic E-state index is 12.1. The van der Waals surface area contributed by atoms with Crippen LogP contribution in [-0.2, 0) is 6.54 Å². The maximum atomic E-state index is 12.1. The average Bonchev–Trinajstić information content (AvgIpc) is 2.75. The van der Waals surface area contributed by atoms with Gasteiger partial charge in [0.15, 0.2) is 0 Å². The molecule has 3 aromatic rings. The number of carbonyl (C=O) groups excluding carboxylic acids is 1. The molecule has 1 saturated heterocycles. The molecule has 5 nitrogen and oxygen atoms in total. The van der Waals surface area contributed by atoms with Gasteiger partial charge in [0, 0.05) is 24.5 Å². The number of hydrogen-bond acceptors (Lipinski definition) is 4. The largest absolute Gasteiger partial charge is 0.366 e. The molecular weight excluding hydrogens is 372 g/mol. The summed E-state index contributed by atoms with van der Waals surface area (Å²) >= 11 is 0. The summed E-state index contributed by atoms with van der Waals surface area (Å²) in [6.45, 7) is 4.86. The molecule has 30 heavy (non-hydrogen) atoms. The summed E-state index contributed by atoms with van der Waals surface area (Å²) < 4.78 is 0. The number of amides is 1. The van der Waals surface area contributed by atoms with Gasteiger partial charge in [0.1, 0.15) is 0 Å². The van der Waals surface area contributed by atoms with E-state index in [4.69, 9.17) is 15.7 Å². The Labute approximate surface area is 178 Å². The van der Waals surface area contributed by atoms with Crippen LogP contribution < -0.4 is 5.73 Å². The maximum Gasteiger partial charge on any atom is 0.249 e. The molecular formula is C25H28N4O. The monoisotopic (exact) mass is 400 g/mol. The Balaban J connectivity index is 1.80. The van der Waals surface area contributed by atoms with Gasteiger partial charge in [0.25, 0.3) is 0 Å². The Morgan fingerprint density at radius 1 is 0.933 bits per heavy atom.